The summed E-state index contributed by atoms with van der Waals surface area (Å²) < 4.78 is 5.40. The van der Waals surface area contributed by atoms with E-state index in [4.69, 9.17) is 10.5 Å². The molecule has 0 bridgehead atoms. The van der Waals surface area contributed by atoms with Crippen LogP contribution in [0, 0.1) is 6.92 Å². The molecule has 4 nitrogen and oxygen atoms in total. The molecule has 0 aliphatic rings. The molecular weight excluding hydrogens is 240 g/mol. The maximum absolute atomic E-state index is 11.7. The molecule has 19 heavy (non-hydrogen) atoms. The van der Waals surface area contributed by atoms with Crippen molar-refractivity contribution in [1.82, 2.24) is 0 Å². The van der Waals surface area contributed by atoms with Gasteiger partial charge in [0.05, 0.1) is 6.61 Å². The van der Waals surface area contributed by atoms with Gasteiger partial charge in [-0.1, -0.05) is 31.5 Å². The molecule has 0 saturated heterocycles. The zero-order valence-electron chi connectivity index (χ0n) is 12.0. The highest BCUT2D eigenvalue weighted by atomic mass is 16.5. The lowest BCUT2D eigenvalue weighted by Gasteiger charge is -2.26. The first-order chi connectivity index (χ1) is 8.99. The Morgan fingerprint density at radius 3 is 2.37 bits per heavy atom. The summed E-state index contributed by atoms with van der Waals surface area (Å²) in [4.78, 5) is 11.7. The van der Waals surface area contributed by atoms with Gasteiger partial charge in [-0.3, -0.25) is 4.79 Å². The van der Waals surface area contributed by atoms with E-state index >= 15 is 0 Å². The zero-order chi connectivity index (χ0) is 14.3. The number of nitrogens with one attached hydrogen (secondary N) is 1. The minimum absolute atomic E-state index is 0.0346. The first-order valence-electron chi connectivity index (χ1n) is 6.72. The van der Waals surface area contributed by atoms with Crippen LogP contribution >= 0.6 is 0 Å². The molecule has 0 unspecified atom stereocenters. The van der Waals surface area contributed by atoms with Crippen LogP contribution in [0.2, 0.25) is 0 Å². The Bertz CT molecular complexity index is 397. The number of hydrogen-bond donors (Lipinski definition) is 2. The zero-order valence-corrected chi connectivity index (χ0v) is 12.0. The molecule has 0 aliphatic heterocycles. The third kappa shape index (κ3) is 5.41. The summed E-state index contributed by atoms with van der Waals surface area (Å²) in [5.74, 6) is -0.154. The number of rotatable bonds is 7. The number of ether oxygens (including phenoxy) is 1. The van der Waals surface area contributed by atoms with Crippen molar-refractivity contribution < 1.29 is 9.53 Å². The first kappa shape index (κ1) is 15.7. The predicted octanol–water partition coefficient (Wildman–Crippen LogP) is 2.47. The van der Waals surface area contributed by atoms with Gasteiger partial charge in [0.25, 0.3) is 0 Å². The fourth-order valence-electron chi connectivity index (χ4n) is 1.64. The average molecular weight is 264 g/mol. The number of aryl methyl sites for hydroxylation is 1. The third-order valence-electron chi connectivity index (χ3n) is 3.37. The van der Waals surface area contributed by atoms with Crippen molar-refractivity contribution in [2.24, 2.45) is 5.73 Å². The summed E-state index contributed by atoms with van der Waals surface area (Å²) in [7, 11) is 0. The van der Waals surface area contributed by atoms with Crippen LogP contribution in [0.25, 0.3) is 0 Å². The number of carbonyl (C=O) groups is 1. The van der Waals surface area contributed by atoms with Crippen molar-refractivity contribution in [2.75, 3.05) is 18.5 Å². The highest BCUT2D eigenvalue weighted by Crippen LogP contribution is 2.12. The van der Waals surface area contributed by atoms with E-state index in [-0.39, 0.29) is 18.1 Å². The lowest BCUT2D eigenvalue weighted by atomic mass is 9.96. The van der Waals surface area contributed by atoms with E-state index < -0.39 is 0 Å². The molecule has 0 aromatic heterocycles. The molecule has 0 atom stereocenters. The summed E-state index contributed by atoms with van der Waals surface area (Å²) in [5.41, 5.74) is 7.71. The lowest BCUT2D eigenvalue weighted by molar-refractivity contribution is -0.121. The molecule has 0 heterocycles. The minimum atomic E-state index is -0.329. The maximum atomic E-state index is 11.7. The number of nitrogens with two attached hydrogens (primary N) is 1. The molecule has 106 valence electrons. The van der Waals surface area contributed by atoms with Gasteiger partial charge in [0, 0.05) is 11.2 Å². The minimum Gasteiger partial charge on any atom is -0.370 e. The summed E-state index contributed by atoms with van der Waals surface area (Å²) >= 11 is 0. The molecular formula is C15H24N2O2. The maximum Gasteiger partial charge on any atom is 0.250 e. The Morgan fingerprint density at radius 1 is 1.26 bits per heavy atom. The Labute approximate surface area is 115 Å². The Balaban J connectivity index is 2.34. The van der Waals surface area contributed by atoms with E-state index in [0.717, 1.165) is 24.1 Å². The molecule has 0 saturated carbocycles. The fourth-order valence-corrected chi connectivity index (χ4v) is 1.64. The van der Waals surface area contributed by atoms with Crippen LogP contribution < -0.4 is 11.1 Å². The monoisotopic (exact) mass is 264 g/mol. The number of benzene rings is 1. The van der Waals surface area contributed by atoms with Crippen molar-refractivity contribution in [3.05, 3.63) is 29.8 Å². The van der Waals surface area contributed by atoms with E-state index in [1.54, 1.807) is 0 Å². The van der Waals surface area contributed by atoms with Gasteiger partial charge in [-0.15, -0.1) is 0 Å². The SMILES string of the molecule is CCC(N)(CC)COCC(=O)Nc1ccc(C)cc1. The Kier molecular flexibility index (Phi) is 5.99. The summed E-state index contributed by atoms with van der Waals surface area (Å²) in [6.45, 7) is 6.50. The van der Waals surface area contributed by atoms with E-state index in [0.29, 0.717) is 6.61 Å². The predicted molar refractivity (Wildman–Crippen MR) is 78.1 cm³/mol. The second kappa shape index (κ2) is 7.26. The van der Waals surface area contributed by atoms with Crippen LogP contribution in [-0.2, 0) is 9.53 Å². The highest BCUT2D eigenvalue weighted by Gasteiger charge is 2.20. The summed E-state index contributed by atoms with van der Waals surface area (Å²) in [6.07, 6.45) is 1.67. The highest BCUT2D eigenvalue weighted by molar-refractivity contribution is 5.91. The van der Waals surface area contributed by atoms with Crippen LogP contribution in [0.15, 0.2) is 24.3 Å². The first-order valence-corrected chi connectivity index (χ1v) is 6.72. The van der Waals surface area contributed by atoms with Crippen LogP contribution in [0.4, 0.5) is 5.69 Å². The fraction of sp³-hybridized carbons (Fsp3) is 0.533. The Morgan fingerprint density at radius 2 is 1.84 bits per heavy atom. The van der Waals surface area contributed by atoms with Crippen molar-refractivity contribution >= 4 is 11.6 Å². The molecule has 4 heteroatoms. The molecule has 0 spiro atoms. The molecule has 3 N–H and O–H groups in total. The smallest absolute Gasteiger partial charge is 0.250 e. The molecule has 1 aromatic rings. The van der Waals surface area contributed by atoms with Gasteiger partial charge >= 0.3 is 0 Å². The molecule has 0 radical (unpaired) electrons. The van der Waals surface area contributed by atoms with Gasteiger partial charge in [0.2, 0.25) is 5.91 Å². The van der Waals surface area contributed by atoms with Crippen molar-refractivity contribution in [3.63, 3.8) is 0 Å². The number of carbonyl (C=O) groups excluding carboxylic acids is 1. The van der Waals surface area contributed by atoms with Gasteiger partial charge in [-0.25, -0.2) is 0 Å². The molecule has 1 amide bonds. The quantitative estimate of drug-likeness (QED) is 0.795. The van der Waals surface area contributed by atoms with Gasteiger partial charge in [0.1, 0.15) is 6.61 Å². The largest absolute Gasteiger partial charge is 0.370 e. The number of amides is 1. The normalized spacial score (nSPS) is 11.4. The molecule has 1 aromatic carbocycles. The lowest BCUT2D eigenvalue weighted by Crippen LogP contribution is -2.43. The molecule has 0 fully saturated rings. The van der Waals surface area contributed by atoms with Gasteiger partial charge < -0.3 is 15.8 Å². The standard InChI is InChI=1S/C15H24N2O2/c1-4-15(16,5-2)11-19-10-14(18)17-13-8-6-12(3)7-9-13/h6-9H,4-5,10-11,16H2,1-3H3,(H,17,18). The average Bonchev–Trinajstić information content (AvgIpc) is 2.41. The van der Waals surface area contributed by atoms with Crippen LogP contribution in [-0.4, -0.2) is 24.7 Å². The number of anilines is 1. The van der Waals surface area contributed by atoms with Crippen LogP contribution in [0.3, 0.4) is 0 Å². The number of hydrogen-bond acceptors (Lipinski definition) is 3. The van der Waals surface area contributed by atoms with Crippen molar-refractivity contribution in [2.45, 2.75) is 39.2 Å². The molecule has 1 rings (SSSR count). The Hall–Kier alpha value is -1.39. The van der Waals surface area contributed by atoms with Gasteiger partial charge in [-0.05, 0) is 31.9 Å². The van der Waals surface area contributed by atoms with Crippen LogP contribution in [0.5, 0.6) is 0 Å². The summed E-state index contributed by atoms with van der Waals surface area (Å²) in [6, 6.07) is 7.65. The van der Waals surface area contributed by atoms with Crippen LogP contribution in [0.1, 0.15) is 32.3 Å². The van der Waals surface area contributed by atoms with Gasteiger partial charge in [-0.2, -0.15) is 0 Å². The van der Waals surface area contributed by atoms with Crippen molar-refractivity contribution in [1.29, 1.82) is 0 Å². The van der Waals surface area contributed by atoms with E-state index in [2.05, 4.69) is 5.32 Å². The third-order valence-corrected chi connectivity index (χ3v) is 3.37. The van der Waals surface area contributed by atoms with Gasteiger partial charge in [0.15, 0.2) is 0 Å². The second-order valence-corrected chi connectivity index (χ2v) is 4.98. The van der Waals surface area contributed by atoms with Crippen molar-refractivity contribution in [3.8, 4) is 0 Å². The van der Waals surface area contributed by atoms with E-state index in [1.807, 2.05) is 45.0 Å². The molecule has 0 aliphatic carbocycles. The van der Waals surface area contributed by atoms with E-state index in [9.17, 15) is 4.79 Å². The summed E-state index contributed by atoms with van der Waals surface area (Å²) in [5, 5.41) is 2.79. The van der Waals surface area contributed by atoms with E-state index in [1.165, 1.54) is 0 Å². The second-order valence-electron chi connectivity index (χ2n) is 4.98. The topological polar surface area (TPSA) is 64.3 Å².